The molecule has 2 aromatic carbocycles. The Balaban J connectivity index is 1.46. The summed E-state index contributed by atoms with van der Waals surface area (Å²) in [6.07, 6.45) is 2.79. The number of hydrogen-bond donors (Lipinski definition) is 0. The van der Waals surface area contributed by atoms with Crippen molar-refractivity contribution >= 4 is 10.8 Å². The first-order chi connectivity index (χ1) is 12.8. The lowest BCUT2D eigenvalue weighted by molar-refractivity contribution is -0.128. The largest absolute Gasteiger partial charge is 0.492 e. The van der Waals surface area contributed by atoms with Gasteiger partial charge in [0.1, 0.15) is 11.5 Å². The average Bonchev–Trinajstić information content (AvgIpc) is 2.61. The summed E-state index contributed by atoms with van der Waals surface area (Å²) in [6.45, 7) is 7.35. The monoisotopic (exact) mass is 356 g/mol. The Hall–Kier alpha value is -1.78. The van der Waals surface area contributed by atoms with Crippen molar-refractivity contribution in [3.05, 3.63) is 36.4 Å². The number of benzene rings is 2. The van der Waals surface area contributed by atoms with Gasteiger partial charge in [0, 0.05) is 22.6 Å². The molecule has 2 aromatic rings. The molecule has 0 N–H and O–H groups in total. The molecule has 2 fully saturated rings. The summed E-state index contributed by atoms with van der Waals surface area (Å²) in [5.74, 6) is 2.85. The minimum Gasteiger partial charge on any atom is -0.492 e. The van der Waals surface area contributed by atoms with Crippen LogP contribution in [0.4, 0.5) is 0 Å². The van der Waals surface area contributed by atoms with Gasteiger partial charge in [-0.2, -0.15) is 0 Å². The molecule has 140 valence electrons. The molecule has 4 unspecified atom stereocenters. The van der Waals surface area contributed by atoms with Gasteiger partial charge in [-0.15, -0.1) is 0 Å². The van der Waals surface area contributed by atoms with E-state index in [1.807, 2.05) is 24.3 Å². The zero-order valence-electron chi connectivity index (χ0n) is 15.6. The number of rotatable bonds is 8. The van der Waals surface area contributed by atoms with E-state index in [-0.39, 0.29) is 0 Å². The SMILES string of the molecule is CCC1OCC1COc1cccc2c(OCC3COC3CC)cccc12. The van der Waals surface area contributed by atoms with Gasteiger partial charge in [-0.1, -0.05) is 38.1 Å². The third-order valence-electron chi connectivity index (χ3n) is 5.65. The smallest absolute Gasteiger partial charge is 0.127 e. The fourth-order valence-corrected chi connectivity index (χ4v) is 3.85. The molecule has 4 heteroatoms. The van der Waals surface area contributed by atoms with Crippen LogP contribution in [0.2, 0.25) is 0 Å². The fraction of sp³-hybridized carbons (Fsp3) is 0.545. The van der Waals surface area contributed by atoms with Gasteiger partial charge in [0.05, 0.1) is 38.6 Å². The molecule has 26 heavy (non-hydrogen) atoms. The molecule has 0 saturated carbocycles. The number of fused-ring (bicyclic) bond motifs is 1. The Bertz CT molecular complexity index is 677. The van der Waals surface area contributed by atoms with Crippen molar-refractivity contribution in [1.82, 2.24) is 0 Å². The summed E-state index contributed by atoms with van der Waals surface area (Å²) in [4.78, 5) is 0. The van der Waals surface area contributed by atoms with Gasteiger partial charge in [-0.3, -0.25) is 0 Å². The first kappa shape index (κ1) is 17.6. The highest BCUT2D eigenvalue weighted by molar-refractivity contribution is 5.93. The van der Waals surface area contributed by atoms with E-state index in [1.54, 1.807) is 0 Å². The summed E-state index contributed by atoms with van der Waals surface area (Å²) < 4.78 is 23.4. The summed E-state index contributed by atoms with van der Waals surface area (Å²) in [7, 11) is 0. The van der Waals surface area contributed by atoms with Crippen LogP contribution in [-0.4, -0.2) is 38.6 Å². The molecular weight excluding hydrogens is 328 g/mol. The molecule has 0 aromatic heterocycles. The van der Waals surface area contributed by atoms with Crippen molar-refractivity contribution in [2.45, 2.75) is 38.9 Å². The van der Waals surface area contributed by atoms with Gasteiger partial charge in [-0.05, 0) is 25.0 Å². The molecule has 0 bridgehead atoms. The highest BCUT2D eigenvalue weighted by atomic mass is 16.5. The second-order valence-electron chi connectivity index (χ2n) is 7.31. The Morgan fingerprint density at radius 2 is 1.23 bits per heavy atom. The van der Waals surface area contributed by atoms with Gasteiger partial charge in [0.15, 0.2) is 0 Å². The quantitative estimate of drug-likeness (QED) is 0.700. The molecule has 4 nitrogen and oxygen atoms in total. The molecule has 0 spiro atoms. The van der Waals surface area contributed by atoms with E-state index in [0.29, 0.717) is 37.3 Å². The highest BCUT2D eigenvalue weighted by Gasteiger charge is 2.32. The first-order valence-corrected chi connectivity index (χ1v) is 9.80. The minimum absolute atomic E-state index is 0.347. The van der Waals surface area contributed by atoms with E-state index < -0.39 is 0 Å². The molecule has 4 rings (SSSR count). The Labute approximate surface area is 155 Å². The maximum Gasteiger partial charge on any atom is 0.127 e. The normalized spacial score (nSPS) is 27.6. The van der Waals surface area contributed by atoms with Crippen LogP contribution < -0.4 is 9.47 Å². The van der Waals surface area contributed by atoms with Crippen LogP contribution in [0.25, 0.3) is 10.8 Å². The van der Waals surface area contributed by atoms with E-state index in [9.17, 15) is 0 Å². The van der Waals surface area contributed by atoms with E-state index >= 15 is 0 Å². The summed E-state index contributed by atoms with van der Waals surface area (Å²) in [6, 6.07) is 12.4. The van der Waals surface area contributed by atoms with Crippen LogP contribution in [-0.2, 0) is 9.47 Å². The molecule has 4 atom stereocenters. The molecule has 2 heterocycles. The lowest BCUT2D eigenvalue weighted by Gasteiger charge is -2.36. The lowest BCUT2D eigenvalue weighted by Crippen LogP contribution is -2.42. The second kappa shape index (κ2) is 7.85. The number of hydrogen-bond acceptors (Lipinski definition) is 4. The number of ether oxygens (including phenoxy) is 4. The molecule has 2 aliphatic heterocycles. The van der Waals surface area contributed by atoms with Crippen molar-refractivity contribution in [3.63, 3.8) is 0 Å². The van der Waals surface area contributed by atoms with Gasteiger partial charge in [0.2, 0.25) is 0 Å². The maximum absolute atomic E-state index is 6.15. The van der Waals surface area contributed by atoms with Crippen LogP contribution in [0.5, 0.6) is 11.5 Å². The Morgan fingerprint density at radius 1 is 0.769 bits per heavy atom. The van der Waals surface area contributed by atoms with Crippen LogP contribution in [0.1, 0.15) is 26.7 Å². The van der Waals surface area contributed by atoms with Crippen molar-refractivity contribution in [2.75, 3.05) is 26.4 Å². The standard InChI is InChI=1S/C22H28O4/c1-3-19-15(11-23-19)13-25-21-9-5-8-18-17(21)7-6-10-22(18)26-14-16-12-24-20(16)4-2/h5-10,15-16,19-20H,3-4,11-14H2,1-2H3. The summed E-state index contributed by atoms with van der Waals surface area (Å²) in [5.41, 5.74) is 0. The molecule has 0 amide bonds. The van der Waals surface area contributed by atoms with E-state index in [1.165, 1.54) is 0 Å². The van der Waals surface area contributed by atoms with Gasteiger partial charge in [-0.25, -0.2) is 0 Å². The predicted molar refractivity (Wildman–Crippen MR) is 102 cm³/mol. The maximum atomic E-state index is 6.15. The fourth-order valence-electron chi connectivity index (χ4n) is 3.85. The molecule has 0 radical (unpaired) electrons. The molecule has 2 aliphatic rings. The Morgan fingerprint density at radius 3 is 1.58 bits per heavy atom. The van der Waals surface area contributed by atoms with Crippen molar-refractivity contribution in [3.8, 4) is 11.5 Å². The summed E-state index contributed by atoms with van der Waals surface area (Å²) in [5, 5.41) is 2.21. The topological polar surface area (TPSA) is 36.9 Å². The van der Waals surface area contributed by atoms with Gasteiger partial charge < -0.3 is 18.9 Å². The minimum atomic E-state index is 0.347. The summed E-state index contributed by atoms with van der Waals surface area (Å²) >= 11 is 0. The van der Waals surface area contributed by atoms with Crippen molar-refractivity contribution in [1.29, 1.82) is 0 Å². The zero-order chi connectivity index (χ0) is 17.9. The van der Waals surface area contributed by atoms with Crippen LogP contribution in [0.3, 0.4) is 0 Å². The highest BCUT2D eigenvalue weighted by Crippen LogP contribution is 2.34. The molecule has 0 aliphatic carbocycles. The van der Waals surface area contributed by atoms with Crippen LogP contribution in [0.15, 0.2) is 36.4 Å². The molecular formula is C22H28O4. The van der Waals surface area contributed by atoms with Crippen molar-refractivity contribution < 1.29 is 18.9 Å². The average molecular weight is 356 g/mol. The third-order valence-corrected chi connectivity index (χ3v) is 5.65. The van der Waals surface area contributed by atoms with Crippen molar-refractivity contribution in [2.24, 2.45) is 11.8 Å². The first-order valence-electron chi connectivity index (χ1n) is 9.80. The predicted octanol–water partition coefficient (Wildman–Crippen LogP) is 4.45. The van der Waals surface area contributed by atoms with Gasteiger partial charge in [0.25, 0.3) is 0 Å². The third kappa shape index (κ3) is 3.40. The molecule has 2 saturated heterocycles. The van der Waals surface area contributed by atoms with Crippen LogP contribution >= 0.6 is 0 Å². The van der Waals surface area contributed by atoms with Crippen LogP contribution in [0, 0.1) is 11.8 Å². The van der Waals surface area contributed by atoms with E-state index in [0.717, 1.165) is 48.3 Å². The zero-order valence-corrected chi connectivity index (χ0v) is 15.6. The Kier molecular flexibility index (Phi) is 5.32. The van der Waals surface area contributed by atoms with E-state index in [2.05, 4.69) is 26.0 Å². The van der Waals surface area contributed by atoms with Gasteiger partial charge >= 0.3 is 0 Å². The second-order valence-corrected chi connectivity index (χ2v) is 7.31. The van der Waals surface area contributed by atoms with E-state index in [4.69, 9.17) is 18.9 Å². The lowest BCUT2D eigenvalue weighted by atomic mass is 9.97.